The molecule has 24 heavy (non-hydrogen) atoms. The van der Waals surface area contributed by atoms with Crippen molar-refractivity contribution in [3.63, 3.8) is 0 Å². The van der Waals surface area contributed by atoms with Crippen LogP contribution in [0.5, 0.6) is 5.75 Å². The second kappa shape index (κ2) is 5.95. The number of phenolic OH excluding ortho intramolecular Hbond substituents is 1. The van der Waals surface area contributed by atoms with E-state index in [-0.39, 0.29) is 29.8 Å². The molecule has 2 aromatic carbocycles. The molecule has 2 heterocycles. The van der Waals surface area contributed by atoms with Gasteiger partial charge in [0.25, 0.3) is 5.91 Å². The summed E-state index contributed by atoms with van der Waals surface area (Å²) in [6.07, 6.45) is 3.10. The third-order valence-electron chi connectivity index (χ3n) is 5.25. The van der Waals surface area contributed by atoms with Gasteiger partial charge in [-0.25, -0.2) is 0 Å². The molecule has 4 heteroatoms. The Morgan fingerprint density at radius 3 is 2.29 bits per heavy atom. The highest BCUT2D eigenvalue weighted by molar-refractivity contribution is 5.96. The van der Waals surface area contributed by atoms with Gasteiger partial charge in [0.1, 0.15) is 5.75 Å². The molecule has 4 rings (SSSR count). The van der Waals surface area contributed by atoms with Crippen molar-refractivity contribution in [2.24, 2.45) is 0 Å². The van der Waals surface area contributed by atoms with Crippen molar-refractivity contribution >= 4 is 5.91 Å². The molecule has 1 unspecified atom stereocenters. The number of carbonyl (C=O) groups is 1. The molecular weight excluding hydrogens is 302 g/mol. The number of piperidine rings is 1. The van der Waals surface area contributed by atoms with Gasteiger partial charge in [0, 0.05) is 17.6 Å². The van der Waals surface area contributed by atoms with Crippen molar-refractivity contribution in [2.45, 2.75) is 43.9 Å². The van der Waals surface area contributed by atoms with Crippen molar-refractivity contribution in [3.8, 4) is 16.9 Å². The Morgan fingerprint density at radius 2 is 1.62 bits per heavy atom. The number of fused-ring (bicyclic) bond motifs is 2. The third kappa shape index (κ3) is 2.67. The highest BCUT2D eigenvalue weighted by Crippen LogP contribution is 2.37. The molecule has 2 aliphatic heterocycles. The Hall–Kier alpha value is -2.33. The van der Waals surface area contributed by atoms with Crippen molar-refractivity contribution in [1.82, 2.24) is 4.90 Å². The van der Waals surface area contributed by atoms with Gasteiger partial charge in [0.05, 0.1) is 6.10 Å². The highest BCUT2D eigenvalue weighted by atomic mass is 16.3. The van der Waals surface area contributed by atoms with Crippen molar-refractivity contribution in [1.29, 1.82) is 0 Å². The summed E-state index contributed by atoms with van der Waals surface area (Å²) in [5.41, 5.74) is 2.62. The Balaban J connectivity index is 1.62. The number of amides is 1. The van der Waals surface area contributed by atoms with Crippen LogP contribution in [0.1, 0.15) is 36.0 Å². The van der Waals surface area contributed by atoms with Crippen LogP contribution in [-0.2, 0) is 0 Å². The number of rotatable bonds is 2. The Bertz CT molecular complexity index is 742. The largest absolute Gasteiger partial charge is 0.508 e. The van der Waals surface area contributed by atoms with Gasteiger partial charge in [-0.2, -0.15) is 0 Å². The maximum Gasteiger partial charge on any atom is 0.254 e. The summed E-state index contributed by atoms with van der Waals surface area (Å²) in [5.74, 6) is 0.296. The number of aliphatic hydroxyl groups excluding tert-OH is 1. The van der Waals surface area contributed by atoms with Crippen molar-refractivity contribution in [2.75, 3.05) is 0 Å². The molecule has 2 aromatic rings. The molecule has 4 nitrogen and oxygen atoms in total. The van der Waals surface area contributed by atoms with Gasteiger partial charge in [-0.05, 0) is 61.1 Å². The quantitative estimate of drug-likeness (QED) is 0.892. The molecule has 0 aromatic heterocycles. The summed E-state index contributed by atoms with van der Waals surface area (Å²) >= 11 is 0. The van der Waals surface area contributed by atoms with E-state index in [0.717, 1.165) is 24.0 Å². The molecule has 2 N–H and O–H groups in total. The minimum atomic E-state index is -0.269. The summed E-state index contributed by atoms with van der Waals surface area (Å²) in [4.78, 5) is 15.0. The zero-order valence-corrected chi connectivity index (χ0v) is 13.4. The van der Waals surface area contributed by atoms with E-state index in [1.54, 1.807) is 12.1 Å². The number of carbonyl (C=O) groups excluding carboxylic acids is 1. The molecule has 0 radical (unpaired) electrons. The van der Waals surface area contributed by atoms with Gasteiger partial charge in [0.2, 0.25) is 0 Å². The van der Waals surface area contributed by atoms with Gasteiger partial charge in [-0.3, -0.25) is 4.79 Å². The summed E-state index contributed by atoms with van der Waals surface area (Å²) in [5, 5.41) is 19.3. The molecule has 0 spiro atoms. The second-order valence-corrected chi connectivity index (χ2v) is 6.85. The Morgan fingerprint density at radius 1 is 0.958 bits per heavy atom. The van der Waals surface area contributed by atoms with Crippen LogP contribution in [0, 0.1) is 0 Å². The fourth-order valence-corrected chi connectivity index (χ4v) is 4.11. The Kier molecular flexibility index (Phi) is 3.77. The average Bonchev–Trinajstić information content (AvgIpc) is 2.86. The van der Waals surface area contributed by atoms with E-state index in [1.165, 1.54) is 0 Å². The summed E-state index contributed by atoms with van der Waals surface area (Å²) < 4.78 is 0. The second-order valence-electron chi connectivity index (χ2n) is 6.85. The van der Waals surface area contributed by atoms with Crippen LogP contribution in [0.3, 0.4) is 0 Å². The monoisotopic (exact) mass is 323 g/mol. The van der Waals surface area contributed by atoms with Crippen molar-refractivity contribution in [3.05, 3.63) is 54.1 Å². The minimum absolute atomic E-state index is 0.0648. The van der Waals surface area contributed by atoms with Crippen LogP contribution in [-0.4, -0.2) is 39.2 Å². The molecule has 2 bridgehead atoms. The number of hydrogen-bond donors (Lipinski definition) is 2. The molecule has 2 aliphatic rings. The van der Waals surface area contributed by atoms with Crippen LogP contribution in [0.15, 0.2) is 48.5 Å². The van der Waals surface area contributed by atoms with E-state index in [1.807, 2.05) is 41.3 Å². The lowest BCUT2D eigenvalue weighted by Gasteiger charge is -2.37. The standard InChI is InChI=1S/C20H21NO3/c22-18-8-4-13(5-9-18)14-2-1-3-15(10-14)20(24)21-16-6-7-17(21)12-19(23)11-16/h1-5,8-10,16-17,19,22-23H,6-7,11-12H2/t16-,17+,19?. The van der Waals surface area contributed by atoms with E-state index in [4.69, 9.17) is 0 Å². The molecule has 2 fully saturated rings. The minimum Gasteiger partial charge on any atom is -0.508 e. The SMILES string of the molecule is O=C(c1cccc(-c2ccc(O)cc2)c1)N1[C@@H]2CC[C@H]1CC(O)C2. The van der Waals surface area contributed by atoms with Crippen LogP contribution in [0.25, 0.3) is 11.1 Å². The first kappa shape index (κ1) is 15.2. The Labute approximate surface area is 141 Å². The summed E-state index contributed by atoms with van der Waals surface area (Å²) in [7, 11) is 0. The predicted molar refractivity (Wildman–Crippen MR) is 91.8 cm³/mol. The van der Waals surface area contributed by atoms with Gasteiger partial charge < -0.3 is 15.1 Å². The first-order chi connectivity index (χ1) is 11.6. The summed E-state index contributed by atoms with van der Waals surface area (Å²) in [6.45, 7) is 0. The van der Waals surface area contributed by atoms with E-state index >= 15 is 0 Å². The molecule has 0 saturated carbocycles. The fourth-order valence-electron chi connectivity index (χ4n) is 4.11. The predicted octanol–water partition coefficient (Wildman–Crippen LogP) is 3.19. The van der Waals surface area contributed by atoms with Crippen LogP contribution < -0.4 is 0 Å². The maximum absolute atomic E-state index is 13.0. The fraction of sp³-hybridized carbons (Fsp3) is 0.350. The number of aromatic hydroxyl groups is 1. The van der Waals surface area contributed by atoms with Crippen LogP contribution >= 0.6 is 0 Å². The normalized spacial score (nSPS) is 25.7. The highest BCUT2D eigenvalue weighted by Gasteiger charge is 2.42. The molecule has 3 atom stereocenters. The number of hydrogen-bond acceptors (Lipinski definition) is 3. The van der Waals surface area contributed by atoms with E-state index in [9.17, 15) is 15.0 Å². The zero-order valence-electron chi connectivity index (χ0n) is 13.4. The molecule has 1 amide bonds. The number of phenols is 1. The van der Waals surface area contributed by atoms with E-state index in [0.29, 0.717) is 18.4 Å². The first-order valence-corrected chi connectivity index (χ1v) is 8.52. The topological polar surface area (TPSA) is 60.8 Å². The lowest BCUT2D eigenvalue weighted by atomic mass is 9.97. The lowest BCUT2D eigenvalue weighted by molar-refractivity contribution is 0.0287. The summed E-state index contributed by atoms with van der Waals surface area (Å²) in [6, 6.07) is 15.0. The number of aliphatic hydroxyl groups is 1. The van der Waals surface area contributed by atoms with Crippen LogP contribution in [0.4, 0.5) is 0 Å². The molecule has 124 valence electrons. The van der Waals surface area contributed by atoms with E-state index < -0.39 is 0 Å². The van der Waals surface area contributed by atoms with Gasteiger partial charge >= 0.3 is 0 Å². The number of benzene rings is 2. The first-order valence-electron chi connectivity index (χ1n) is 8.52. The number of nitrogens with zero attached hydrogens (tertiary/aromatic N) is 1. The van der Waals surface area contributed by atoms with Gasteiger partial charge in [0.15, 0.2) is 0 Å². The molecular formula is C20H21NO3. The average molecular weight is 323 g/mol. The molecule has 0 aliphatic carbocycles. The van der Waals surface area contributed by atoms with E-state index in [2.05, 4.69) is 0 Å². The van der Waals surface area contributed by atoms with Crippen molar-refractivity contribution < 1.29 is 15.0 Å². The van der Waals surface area contributed by atoms with Gasteiger partial charge in [-0.1, -0.05) is 24.3 Å². The lowest BCUT2D eigenvalue weighted by Crippen LogP contribution is -2.48. The molecule has 2 saturated heterocycles. The third-order valence-corrected chi connectivity index (χ3v) is 5.25. The van der Waals surface area contributed by atoms with Crippen LogP contribution in [0.2, 0.25) is 0 Å². The zero-order chi connectivity index (χ0) is 16.7. The van der Waals surface area contributed by atoms with Gasteiger partial charge in [-0.15, -0.1) is 0 Å². The maximum atomic E-state index is 13.0. The smallest absolute Gasteiger partial charge is 0.254 e.